The first kappa shape index (κ1) is 22.7. The van der Waals surface area contributed by atoms with Gasteiger partial charge >= 0.3 is 0 Å². The van der Waals surface area contributed by atoms with E-state index >= 15 is 0 Å². The van der Waals surface area contributed by atoms with E-state index in [1.54, 1.807) is 29.2 Å². The number of hydrogen-bond donors (Lipinski definition) is 1. The van der Waals surface area contributed by atoms with Gasteiger partial charge in [-0.3, -0.25) is 9.59 Å². The first-order chi connectivity index (χ1) is 15.0. The van der Waals surface area contributed by atoms with Crippen LogP contribution in [0.3, 0.4) is 0 Å². The van der Waals surface area contributed by atoms with Crippen molar-refractivity contribution in [1.29, 1.82) is 0 Å². The molecule has 31 heavy (non-hydrogen) atoms. The number of halogens is 1. The van der Waals surface area contributed by atoms with E-state index in [1.807, 2.05) is 49.4 Å². The summed E-state index contributed by atoms with van der Waals surface area (Å²) in [6, 6.07) is 16.9. The molecular weight excluding hydrogens is 432 g/mol. The topological polar surface area (TPSA) is 75.2 Å². The molecule has 6 nitrogen and oxygen atoms in total. The summed E-state index contributed by atoms with van der Waals surface area (Å²) >= 11 is 7.19. The van der Waals surface area contributed by atoms with Gasteiger partial charge in [-0.15, -0.1) is 10.2 Å². The van der Waals surface area contributed by atoms with Crippen molar-refractivity contribution >= 4 is 46.0 Å². The molecule has 0 aliphatic heterocycles. The van der Waals surface area contributed by atoms with E-state index < -0.39 is 0 Å². The Balaban J connectivity index is 1.53. The Morgan fingerprint density at radius 3 is 2.52 bits per heavy atom. The first-order valence-corrected chi connectivity index (χ1v) is 11.2. The van der Waals surface area contributed by atoms with Crippen molar-refractivity contribution in [3.8, 4) is 10.6 Å². The number of carbonyl (C=O) groups excluding carboxylic acids is 2. The molecule has 1 aromatic heterocycles. The number of benzene rings is 2. The first-order valence-electron chi connectivity index (χ1n) is 9.96. The molecule has 1 heterocycles. The maximum atomic E-state index is 12.5. The van der Waals surface area contributed by atoms with Gasteiger partial charge in [-0.1, -0.05) is 72.3 Å². The van der Waals surface area contributed by atoms with Crippen LogP contribution in [0.5, 0.6) is 0 Å². The minimum absolute atomic E-state index is 0.112. The summed E-state index contributed by atoms with van der Waals surface area (Å²) in [6.07, 6.45) is 4.32. The van der Waals surface area contributed by atoms with Crippen molar-refractivity contribution in [1.82, 2.24) is 15.1 Å². The molecule has 2 amide bonds. The van der Waals surface area contributed by atoms with Gasteiger partial charge in [0.1, 0.15) is 5.01 Å². The van der Waals surface area contributed by atoms with Crippen molar-refractivity contribution in [2.75, 3.05) is 18.4 Å². The molecule has 0 saturated carbocycles. The van der Waals surface area contributed by atoms with Crippen LogP contribution >= 0.6 is 22.9 Å². The number of rotatable bonds is 9. The van der Waals surface area contributed by atoms with Crippen molar-refractivity contribution in [3.05, 3.63) is 71.3 Å². The molecule has 0 bridgehead atoms. The Morgan fingerprint density at radius 1 is 1.06 bits per heavy atom. The lowest BCUT2D eigenvalue weighted by molar-refractivity contribution is -0.126. The minimum atomic E-state index is -0.209. The summed E-state index contributed by atoms with van der Waals surface area (Å²) in [7, 11) is 0. The van der Waals surface area contributed by atoms with E-state index in [0.717, 1.165) is 17.5 Å². The fourth-order valence-corrected chi connectivity index (χ4v) is 3.73. The Morgan fingerprint density at radius 2 is 1.81 bits per heavy atom. The quantitative estimate of drug-likeness (QED) is 0.454. The SMILES string of the molecule is CCCN(CCC(=O)Nc1nnc(-c2ccc(Cl)cc2)s1)C(=O)C=Cc1ccccc1. The standard InChI is InChI=1S/C23H23ClN4O2S/c1-2-15-28(21(30)13-8-17-6-4-3-5-7-17)16-14-20(29)25-23-27-26-22(31-23)18-9-11-19(24)12-10-18/h3-13H,2,14-16H2,1H3,(H,25,27,29). The maximum Gasteiger partial charge on any atom is 0.246 e. The van der Waals surface area contributed by atoms with E-state index in [1.165, 1.54) is 11.3 Å². The highest BCUT2D eigenvalue weighted by atomic mass is 35.5. The van der Waals surface area contributed by atoms with E-state index in [0.29, 0.717) is 28.3 Å². The number of amides is 2. The van der Waals surface area contributed by atoms with Crippen LogP contribution in [0, 0.1) is 0 Å². The van der Waals surface area contributed by atoms with Crippen LogP contribution in [0.2, 0.25) is 5.02 Å². The van der Waals surface area contributed by atoms with Crippen molar-refractivity contribution < 1.29 is 9.59 Å². The van der Waals surface area contributed by atoms with Gasteiger partial charge in [-0.2, -0.15) is 0 Å². The van der Waals surface area contributed by atoms with Crippen LogP contribution in [0.25, 0.3) is 16.6 Å². The monoisotopic (exact) mass is 454 g/mol. The zero-order valence-electron chi connectivity index (χ0n) is 17.1. The molecule has 2 aromatic carbocycles. The second-order valence-corrected chi connectivity index (χ2v) is 8.20. The smallest absolute Gasteiger partial charge is 0.246 e. The number of carbonyl (C=O) groups is 2. The Hall–Kier alpha value is -3.03. The average Bonchev–Trinajstić information content (AvgIpc) is 3.24. The van der Waals surface area contributed by atoms with E-state index in [-0.39, 0.29) is 18.2 Å². The second kappa shape index (κ2) is 11.4. The lowest BCUT2D eigenvalue weighted by atomic mass is 10.2. The van der Waals surface area contributed by atoms with Crippen molar-refractivity contribution in [2.24, 2.45) is 0 Å². The molecule has 8 heteroatoms. The van der Waals surface area contributed by atoms with E-state index in [2.05, 4.69) is 15.5 Å². The van der Waals surface area contributed by atoms with Crippen LogP contribution < -0.4 is 5.32 Å². The molecular formula is C23H23ClN4O2S. The predicted octanol–water partition coefficient (Wildman–Crippen LogP) is 5.14. The van der Waals surface area contributed by atoms with Gasteiger partial charge in [0.15, 0.2) is 0 Å². The summed E-state index contributed by atoms with van der Waals surface area (Å²) in [5, 5.41) is 12.7. The van der Waals surface area contributed by atoms with Crippen LogP contribution in [0.4, 0.5) is 5.13 Å². The summed E-state index contributed by atoms with van der Waals surface area (Å²) in [5.74, 6) is -0.320. The molecule has 0 aliphatic carbocycles. The summed E-state index contributed by atoms with van der Waals surface area (Å²) in [4.78, 5) is 26.6. The number of nitrogens with zero attached hydrogens (tertiary/aromatic N) is 3. The van der Waals surface area contributed by atoms with E-state index in [9.17, 15) is 9.59 Å². The number of nitrogens with one attached hydrogen (secondary N) is 1. The van der Waals surface area contributed by atoms with Crippen molar-refractivity contribution in [3.63, 3.8) is 0 Å². The molecule has 3 rings (SSSR count). The molecule has 0 radical (unpaired) electrons. The van der Waals surface area contributed by atoms with Gasteiger partial charge in [0.25, 0.3) is 0 Å². The highest BCUT2D eigenvalue weighted by Crippen LogP contribution is 2.27. The molecule has 0 aliphatic rings. The predicted molar refractivity (Wildman–Crippen MR) is 126 cm³/mol. The fraction of sp³-hybridized carbons (Fsp3) is 0.217. The van der Waals surface area contributed by atoms with Crippen LogP contribution in [0.1, 0.15) is 25.3 Å². The minimum Gasteiger partial charge on any atom is -0.339 e. The molecule has 0 spiro atoms. The van der Waals surface area contributed by atoms with Gasteiger partial charge in [-0.25, -0.2) is 0 Å². The number of anilines is 1. The highest BCUT2D eigenvalue weighted by molar-refractivity contribution is 7.18. The maximum absolute atomic E-state index is 12.5. The molecule has 3 aromatic rings. The zero-order chi connectivity index (χ0) is 22.1. The van der Waals surface area contributed by atoms with Crippen molar-refractivity contribution in [2.45, 2.75) is 19.8 Å². The van der Waals surface area contributed by atoms with Gasteiger partial charge in [0.2, 0.25) is 16.9 Å². The lowest BCUT2D eigenvalue weighted by Gasteiger charge is -2.20. The van der Waals surface area contributed by atoms with Crippen LogP contribution in [-0.4, -0.2) is 40.0 Å². The fourth-order valence-electron chi connectivity index (χ4n) is 2.84. The van der Waals surface area contributed by atoms with E-state index in [4.69, 9.17) is 11.6 Å². The third-order valence-corrected chi connectivity index (χ3v) is 5.53. The van der Waals surface area contributed by atoms with Gasteiger partial charge in [0.05, 0.1) is 0 Å². The summed E-state index contributed by atoms with van der Waals surface area (Å²) < 4.78 is 0. The second-order valence-electron chi connectivity index (χ2n) is 6.79. The molecule has 160 valence electrons. The van der Waals surface area contributed by atoms with Gasteiger partial charge in [0, 0.05) is 36.2 Å². The summed E-state index contributed by atoms with van der Waals surface area (Å²) in [6.45, 7) is 2.92. The normalized spacial score (nSPS) is 10.9. The van der Waals surface area contributed by atoms with Crippen LogP contribution in [-0.2, 0) is 9.59 Å². The van der Waals surface area contributed by atoms with Gasteiger partial charge in [-0.05, 0) is 30.2 Å². The molecule has 1 N–H and O–H groups in total. The van der Waals surface area contributed by atoms with Gasteiger partial charge < -0.3 is 10.2 Å². The average molecular weight is 455 g/mol. The molecule has 0 fully saturated rings. The lowest BCUT2D eigenvalue weighted by Crippen LogP contribution is -2.33. The molecule has 0 saturated heterocycles. The highest BCUT2D eigenvalue weighted by Gasteiger charge is 2.14. The molecule has 0 atom stereocenters. The number of hydrogen-bond acceptors (Lipinski definition) is 5. The Bertz CT molecular complexity index is 1040. The third-order valence-electron chi connectivity index (χ3n) is 4.39. The van der Waals surface area contributed by atoms with Crippen LogP contribution in [0.15, 0.2) is 60.7 Å². The largest absolute Gasteiger partial charge is 0.339 e. The molecule has 0 unspecified atom stereocenters. The Labute approximate surface area is 190 Å². The Kier molecular flexibility index (Phi) is 8.32. The number of aromatic nitrogens is 2. The summed E-state index contributed by atoms with van der Waals surface area (Å²) in [5.41, 5.74) is 1.84. The third kappa shape index (κ3) is 7.01. The zero-order valence-corrected chi connectivity index (χ0v) is 18.7.